The first-order valence-electron chi connectivity index (χ1n) is 15.5. The molecular weight excluding hydrogens is 530 g/mol. The molecule has 1 unspecified atom stereocenters. The summed E-state index contributed by atoms with van der Waals surface area (Å²) in [5, 5.41) is 6.50. The van der Waals surface area contributed by atoms with E-state index in [9.17, 15) is 9.59 Å². The van der Waals surface area contributed by atoms with Gasteiger partial charge < -0.3 is 29.7 Å². The highest BCUT2D eigenvalue weighted by Gasteiger charge is 2.41. The van der Waals surface area contributed by atoms with Gasteiger partial charge in [0.1, 0.15) is 17.1 Å². The lowest BCUT2D eigenvalue weighted by molar-refractivity contribution is -0.109. The second kappa shape index (κ2) is 14.9. The number of nitrogens with one attached hydrogen (secondary N) is 2. The highest BCUT2D eigenvalue weighted by molar-refractivity contribution is 5.68. The van der Waals surface area contributed by atoms with Crippen molar-refractivity contribution in [1.82, 2.24) is 15.5 Å². The van der Waals surface area contributed by atoms with E-state index in [1.54, 1.807) is 7.11 Å². The maximum absolute atomic E-state index is 12.0. The smallest absolute Gasteiger partial charge is 0.410 e. The van der Waals surface area contributed by atoms with Crippen LogP contribution in [0.5, 0.6) is 11.5 Å². The van der Waals surface area contributed by atoms with Crippen LogP contribution in [-0.2, 0) is 19.7 Å². The van der Waals surface area contributed by atoms with E-state index in [0.29, 0.717) is 12.6 Å². The third kappa shape index (κ3) is 8.71. The Morgan fingerprint density at radius 1 is 1.05 bits per heavy atom. The van der Waals surface area contributed by atoms with Crippen molar-refractivity contribution in [1.29, 1.82) is 0 Å². The van der Waals surface area contributed by atoms with Gasteiger partial charge in [-0.1, -0.05) is 36.4 Å². The number of ether oxygens (including phenoxy) is 3. The molecule has 1 saturated carbocycles. The maximum Gasteiger partial charge on any atom is 0.410 e. The van der Waals surface area contributed by atoms with Gasteiger partial charge >= 0.3 is 6.09 Å². The Hall–Kier alpha value is -3.10. The molecule has 8 heteroatoms. The minimum absolute atomic E-state index is 0.166. The van der Waals surface area contributed by atoms with Gasteiger partial charge in [0.05, 0.1) is 0 Å². The van der Waals surface area contributed by atoms with Crippen molar-refractivity contribution in [2.45, 2.75) is 82.8 Å². The number of para-hydroxylation sites is 2. The average molecular weight is 580 g/mol. The topological polar surface area (TPSA) is 89.1 Å². The zero-order valence-electron chi connectivity index (χ0n) is 25.8. The number of rotatable bonds is 11. The number of nitrogens with zero attached hydrogens (tertiary/aromatic N) is 1. The number of likely N-dealkylation sites (tertiary alicyclic amines) is 1. The lowest BCUT2D eigenvalue weighted by atomic mass is 9.69. The number of amides is 2. The summed E-state index contributed by atoms with van der Waals surface area (Å²) in [7, 11) is 1.72. The molecular formula is C34H49N3O5. The monoisotopic (exact) mass is 579 g/mol. The number of hydrogen-bond acceptors (Lipinski definition) is 6. The molecule has 0 spiro atoms. The molecule has 0 aromatic heterocycles. The summed E-state index contributed by atoms with van der Waals surface area (Å²) in [6, 6.07) is 16.7. The molecule has 1 aliphatic carbocycles. The molecule has 5 rings (SSSR count). The van der Waals surface area contributed by atoms with Crippen LogP contribution in [0.1, 0.15) is 76.8 Å². The highest BCUT2D eigenvalue weighted by atomic mass is 16.6. The average Bonchev–Trinajstić information content (AvgIpc) is 3.81. The first-order valence-corrected chi connectivity index (χ1v) is 15.5. The molecule has 2 aromatic rings. The largest absolute Gasteiger partial charge is 0.457 e. The van der Waals surface area contributed by atoms with Crippen molar-refractivity contribution >= 4 is 12.5 Å². The van der Waals surface area contributed by atoms with Crippen LogP contribution in [0.25, 0.3) is 0 Å². The van der Waals surface area contributed by atoms with E-state index in [2.05, 4.69) is 22.8 Å². The van der Waals surface area contributed by atoms with Crippen LogP contribution in [0, 0.1) is 5.92 Å². The van der Waals surface area contributed by atoms with Gasteiger partial charge in [0.15, 0.2) is 0 Å². The Morgan fingerprint density at radius 3 is 2.31 bits per heavy atom. The van der Waals surface area contributed by atoms with Crippen molar-refractivity contribution in [3.63, 3.8) is 0 Å². The molecule has 8 nitrogen and oxygen atoms in total. The first-order chi connectivity index (χ1) is 20.3. The van der Waals surface area contributed by atoms with Gasteiger partial charge in [-0.2, -0.15) is 0 Å². The molecule has 230 valence electrons. The van der Waals surface area contributed by atoms with Gasteiger partial charge in [0.2, 0.25) is 6.41 Å². The molecule has 3 aliphatic rings. The standard InChI is InChI=1S/C20H23NO3.C14H26N2O2/c1-23-13-7-6-12-20(14-21-15-22)16-8-2-4-10-18(16)24-19-11-5-3-9-17(19)20;1-14(2,3)18-13(17)16-8-4-5-12(10-16)15-9-11-6-7-11/h2-5,8-11,15H,6-7,12-14H2,1H3,(H,21,22);11-12,15H,4-10H2,1-3H3. The quantitative estimate of drug-likeness (QED) is 0.250. The van der Waals surface area contributed by atoms with Crippen LogP contribution in [0.3, 0.4) is 0 Å². The van der Waals surface area contributed by atoms with E-state index in [4.69, 9.17) is 14.2 Å². The molecule has 0 bridgehead atoms. The van der Waals surface area contributed by atoms with Crippen molar-refractivity contribution in [2.75, 3.05) is 39.9 Å². The highest BCUT2D eigenvalue weighted by Crippen LogP contribution is 2.50. The predicted molar refractivity (Wildman–Crippen MR) is 165 cm³/mol. The fraction of sp³-hybridized carbons (Fsp3) is 0.588. The van der Waals surface area contributed by atoms with Crippen molar-refractivity contribution < 1.29 is 23.8 Å². The van der Waals surface area contributed by atoms with Crippen LogP contribution in [-0.4, -0.2) is 68.9 Å². The lowest BCUT2D eigenvalue weighted by Crippen LogP contribution is -2.49. The van der Waals surface area contributed by atoms with Crippen LogP contribution >= 0.6 is 0 Å². The minimum Gasteiger partial charge on any atom is -0.457 e. The molecule has 42 heavy (non-hydrogen) atoms. The Kier molecular flexibility index (Phi) is 11.3. The fourth-order valence-corrected chi connectivity index (χ4v) is 5.89. The molecule has 1 atom stereocenters. The predicted octanol–water partition coefficient (Wildman–Crippen LogP) is 6.03. The number of hydrogen-bond donors (Lipinski definition) is 2. The van der Waals surface area contributed by atoms with Gasteiger partial charge in [-0.15, -0.1) is 0 Å². The summed E-state index contributed by atoms with van der Waals surface area (Å²) in [4.78, 5) is 24.9. The number of carbonyl (C=O) groups excluding carboxylic acids is 2. The molecule has 2 heterocycles. The van der Waals surface area contributed by atoms with E-state index in [1.165, 1.54) is 19.3 Å². The van der Waals surface area contributed by atoms with Gasteiger partial charge in [0.25, 0.3) is 0 Å². The zero-order chi connectivity index (χ0) is 30.0. The second-order valence-corrected chi connectivity index (χ2v) is 12.7. The molecule has 2 fully saturated rings. The van der Waals surface area contributed by atoms with Crippen LogP contribution in [0.15, 0.2) is 48.5 Å². The Bertz CT molecular complexity index is 1110. The minimum atomic E-state index is -0.397. The second-order valence-electron chi connectivity index (χ2n) is 12.7. The van der Waals surface area contributed by atoms with Crippen molar-refractivity contribution in [3.8, 4) is 11.5 Å². The van der Waals surface area contributed by atoms with E-state index in [1.807, 2.05) is 62.1 Å². The number of piperidine rings is 1. The number of carbonyl (C=O) groups is 2. The van der Waals surface area contributed by atoms with E-state index < -0.39 is 5.60 Å². The molecule has 0 radical (unpaired) electrons. The fourth-order valence-electron chi connectivity index (χ4n) is 5.89. The zero-order valence-corrected chi connectivity index (χ0v) is 25.8. The third-order valence-electron chi connectivity index (χ3n) is 8.18. The lowest BCUT2D eigenvalue weighted by Gasteiger charge is -2.40. The Balaban J connectivity index is 0.000000201. The number of unbranched alkanes of at least 4 members (excludes halogenated alkanes) is 1. The third-order valence-corrected chi connectivity index (χ3v) is 8.18. The number of fused-ring (bicyclic) bond motifs is 2. The SMILES string of the molecule is CC(C)(C)OC(=O)N1CCCC(NCC2CC2)C1.COCCCCC1(CNC=O)c2ccccc2Oc2ccccc21. The summed E-state index contributed by atoms with van der Waals surface area (Å²) in [6.07, 6.45) is 8.52. The molecule has 1 saturated heterocycles. The van der Waals surface area contributed by atoms with E-state index >= 15 is 0 Å². The summed E-state index contributed by atoms with van der Waals surface area (Å²) < 4.78 is 16.7. The maximum atomic E-state index is 12.0. The molecule has 2 aliphatic heterocycles. The van der Waals surface area contributed by atoms with Crippen LogP contribution < -0.4 is 15.4 Å². The van der Waals surface area contributed by atoms with Crippen molar-refractivity contribution in [2.24, 2.45) is 5.92 Å². The van der Waals surface area contributed by atoms with Crippen molar-refractivity contribution in [3.05, 3.63) is 59.7 Å². The van der Waals surface area contributed by atoms with E-state index in [-0.39, 0.29) is 11.5 Å². The molecule has 2 amide bonds. The Morgan fingerprint density at radius 2 is 1.71 bits per heavy atom. The summed E-state index contributed by atoms with van der Waals surface area (Å²) in [5.41, 5.74) is 1.59. The van der Waals surface area contributed by atoms with Crippen LogP contribution in [0.4, 0.5) is 4.79 Å². The molecule has 2 N–H and O–H groups in total. The summed E-state index contributed by atoms with van der Waals surface area (Å²) >= 11 is 0. The normalized spacial score (nSPS) is 18.9. The van der Waals surface area contributed by atoms with Gasteiger partial charge in [-0.05, 0) is 90.3 Å². The summed E-state index contributed by atoms with van der Waals surface area (Å²) in [5.74, 6) is 2.63. The van der Waals surface area contributed by atoms with Gasteiger partial charge in [-0.25, -0.2) is 4.79 Å². The Labute approximate surface area is 251 Å². The number of benzene rings is 2. The van der Waals surface area contributed by atoms with Gasteiger partial charge in [0, 0.05) is 55.9 Å². The van der Waals surface area contributed by atoms with E-state index in [0.717, 1.165) is 86.9 Å². The summed E-state index contributed by atoms with van der Waals surface area (Å²) in [6.45, 7) is 9.79. The first kappa shape index (κ1) is 31.8. The molecule has 2 aromatic carbocycles. The van der Waals surface area contributed by atoms with Crippen LogP contribution in [0.2, 0.25) is 0 Å². The number of methoxy groups -OCH3 is 1. The van der Waals surface area contributed by atoms with Gasteiger partial charge in [-0.3, -0.25) is 4.79 Å².